The number of benzene rings is 4. The molecule has 33 heavy (non-hydrogen) atoms. The molecule has 0 unspecified atom stereocenters. The number of allylic oxidation sites excluding steroid dienone is 1. The molecule has 0 atom stereocenters. The van der Waals surface area contributed by atoms with Gasteiger partial charge in [0.2, 0.25) is 0 Å². The summed E-state index contributed by atoms with van der Waals surface area (Å²) in [6.07, 6.45) is 0.385. The van der Waals surface area contributed by atoms with Crippen LogP contribution in [0.5, 0.6) is 0 Å². The van der Waals surface area contributed by atoms with Crippen molar-refractivity contribution in [3.8, 4) is 0 Å². The predicted molar refractivity (Wildman–Crippen MR) is 131 cm³/mol. The first-order valence-electron chi connectivity index (χ1n) is 10.9. The summed E-state index contributed by atoms with van der Waals surface area (Å²) in [5.41, 5.74) is 4.05. The molecule has 162 valence electrons. The Hall–Kier alpha value is -4.02. The second-order valence-electron chi connectivity index (χ2n) is 8.03. The number of Topliss-reactive ketones (excluding diaryl/α,β-unsaturated/α-hetero) is 1. The molecule has 4 nitrogen and oxygen atoms in total. The third-order valence-corrected chi connectivity index (χ3v) is 6.04. The smallest absolute Gasteiger partial charge is 0.257 e. The summed E-state index contributed by atoms with van der Waals surface area (Å²) in [6.45, 7) is 0.115. The maximum absolute atomic E-state index is 14.1. The molecule has 0 fully saturated rings. The molecule has 4 aromatic carbocycles. The van der Waals surface area contributed by atoms with Gasteiger partial charge in [-0.3, -0.25) is 14.5 Å². The van der Waals surface area contributed by atoms with Gasteiger partial charge in [-0.1, -0.05) is 91.0 Å². The summed E-state index contributed by atoms with van der Waals surface area (Å²) in [7, 11) is 1.56. The minimum absolute atomic E-state index is 0.115. The van der Waals surface area contributed by atoms with Crippen LogP contribution in [0.4, 0.5) is 5.69 Å². The van der Waals surface area contributed by atoms with Crippen molar-refractivity contribution in [3.05, 3.63) is 119 Å². The zero-order valence-corrected chi connectivity index (χ0v) is 18.3. The molecular weight excluding hydrogens is 410 g/mol. The van der Waals surface area contributed by atoms with E-state index in [0.29, 0.717) is 23.1 Å². The minimum Gasteiger partial charge on any atom is -0.364 e. The van der Waals surface area contributed by atoms with Crippen LogP contribution < -0.4 is 4.90 Å². The third-order valence-electron chi connectivity index (χ3n) is 6.04. The number of nitrogens with zero attached hydrogens (tertiary/aromatic N) is 1. The van der Waals surface area contributed by atoms with E-state index in [4.69, 9.17) is 4.74 Å². The van der Waals surface area contributed by atoms with Crippen molar-refractivity contribution in [2.24, 2.45) is 0 Å². The number of fused-ring (bicyclic) bond motifs is 2. The van der Waals surface area contributed by atoms with Gasteiger partial charge >= 0.3 is 0 Å². The molecule has 0 aromatic heterocycles. The Morgan fingerprint density at radius 3 is 2.36 bits per heavy atom. The van der Waals surface area contributed by atoms with Crippen LogP contribution in [0.2, 0.25) is 0 Å². The molecular formula is C29H23NO3. The van der Waals surface area contributed by atoms with Gasteiger partial charge in [0.15, 0.2) is 5.78 Å². The topological polar surface area (TPSA) is 46.6 Å². The van der Waals surface area contributed by atoms with E-state index in [0.717, 1.165) is 27.6 Å². The predicted octanol–water partition coefficient (Wildman–Crippen LogP) is 5.67. The van der Waals surface area contributed by atoms with Crippen molar-refractivity contribution < 1.29 is 14.3 Å². The van der Waals surface area contributed by atoms with Crippen LogP contribution in [0.1, 0.15) is 21.5 Å². The van der Waals surface area contributed by atoms with Gasteiger partial charge in [0.05, 0.1) is 0 Å². The summed E-state index contributed by atoms with van der Waals surface area (Å²) < 4.78 is 5.34. The number of carbonyl (C=O) groups is 2. The van der Waals surface area contributed by atoms with Gasteiger partial charge in [-0.15, -0.1) is 0 Å². The average molecular weight is 434 g/mol. The maximum Gasteiger partial charge on any atom is 0.257 e. The molecule has 1 aliphatic heterocycles. The van der Waals surface area contributed by atoms with Gasteiger partial charge in [0.25, 0.3) is 5.91 Å². The van der Waals surface area contributed by atoms with Crippen molar-refractivity contribution in [2.45, 2.75) is 6.42 Å². The van der Waals surface area contributed by atoms with Crippen LogP contribution in [-0.4, -0.2) is 25.5 Å². The van der Waals surface area contributed by atoms with Crippen molar-refractivity contribution >= 4 is 33.7 Å². The average Bonchev–Trinajstić information content (AvgIpc) is 2.86. The Bertz CT molecular complexity index is 1380. The number of methoxy groups -OCH3 is 1. The summed E-state index contributed by atoms with van der Waals surface area (Å²) in [4.78, 5) is 29.5. The van der Waals surface area contributed by atoms with Crippen LogP contribution in [0.25, 0.3) is 16.3 Å². The van der Waals surface area contributed by atoms with Crippen LogP contribution in [-0.2, 0) is 16.0 Å². The number of amides is 1. The molecule has 0 saturated heterocycles. The monoisotopic (exact) mass is 433 g/mol. The molecule has 0 spiro atoms. The Labute approximate surface area is 192 Å². The number of ether oxygens (including phenoxy) is 1. The van der Waals surface area contributed by atoms with E-state index in [9.17, 15) is 9.59 Å². The van der Waals surface area contributed by atoms with Crippen LogP contribution in [0.3, 0.4) is 0 Å². The van der Waals surface area contributed by atoms with E-state index in [-0.39, 0.29) is 18.4 Å². The first-order chi connectivity index (χ1) is 16.2. The van der Waals surface area contributed by atoms with Crippen molar-refractivity contribution in [3.63, 3.8) is 0 Å². The summed E-state index contributed by atoms with van der Waals surface area (Å²) >= 11 is 0. The zero-order chi connectivity index (χ0) is 22.8. The minimum atomic E-state index is -0.206. The van der Waals surface area contributed by atoms with Crippen molar-refractivity contribution in [2.75, 3.05) is 18.7 Å². The SMILES string of the molecule is COCN1C(=O)C(=C(C(=O)c2cccc3ccccc23)c2ccccc2)Cc2ccccc21. The lowest BCUT2D eigenvalue weighted by Gasteiger charge is -2.31. The third kappa shape index (κ3) is 3.75. The molecule has 1 aliphatic rings. The lowest BCUT2D eigenvalue weighted by atomic mass is 9.85. The number of ketones is 1. The van der Waals surface area contributed by atoms with E-state index in [1.54, 1.807) is 12.0 Å². The molecule has 1 amide bonds. The van der Waals surface area contributed by atoms with Gasteiger partial charge in [-0.05, 0) is 28.0 Å². The highest BCUT2D eigenvalue weighted by Gasteiger charge is 2.33. The molecule has 0 saturated carbocycles. The fourth-order valence-electron chi connectivity index (χ4n) is 4.52. The number of hydrogen-bond donors (Lipinski definition) is 0. The van der Waals surface area contributed by atoms with E-state index in [2.05, 4.69) is 0 Å². The van der Waals surface area contributed by atoms with Crippen LogP contribution >= 0.6 is 0 Å². The van der Waals surface area contributed by atoms with Gasteiger partial charge in [0.1, 0.15) is 6.73 Å². The molecule has 0 bridgehead atoms. The second-order valence-corrected chi connectivity index (χ2v) is 8.03. The van der Waals surface area contributed by atoms with Gasteiger partial charge in [-0.2, -0.15) is 0 Å². The van der Waals surface area contributed by atoms with Crippen LogP contribution in [0, 0.1) is 0 Å². The summed E-state index contributed by atoms with van der Waals surface area (Å²) in [6, 6.07) is 30.8. The number of rotatable bonds is 5. The highest BCUT2D eigenvalue weighted by atomic mass is 16.5. The van der Waals surface area contributed by atoms with E-state index in [1.165, 1.54) is 0 Å². The zero-order valence-electron chi connectivity index (χ0n) is 18.3. The maximum atomic E-state index is 14.1. The number of para-hydroxylation sites is 1. The molecule has 0 radical (unpaired) electrons. The fourth-order valence-corrected chi connectivity index (χ4v) is 4.52. The first kappa shape index (κ1) is 20.9. The Morgan fingerprint density at radius 2 is 1.55 bits per heavy atom. The van der Waals surface area contributed by atoms with Crippen LogP contribution in [0.15, 0.2) is 103 Å². The first-order valence-corrected chi connectivity index (χ1v) is 10.9. The van der Waals surface area contributed by atoms with E-state index in [1.807, 2.05) is 97.1 Å². The molecule has 4 heteroatoms. The highest BCUT2D eigenvalue weighted by molar-refractivity contribution is 6.36. The Kier molecular flexibility index (Phi) is 5.59. The standard InChI is InChI=1S/C29H23NO3/c1-33-19-30-26-17-8-6-13-22(26)18-25(29(30)32)27(21-11-3-2-4-12-21)28(31)24-16-9-14-20-10-5-7-15-23(20)24/h2-17H,18-19H2,1H3. The number of anilines is 1. The Morgan fingerprint density at radius 1 is 0.848 bits per heavy atom. The highest BCUT2D eigenvalue weighted by Crippen LogP contribution is 2.36. The van der Waals surface area contributed by atoms with Gasteiger partial charge in [0, 0.05) is 35.9 Å². The van der Waals surface area contributed by atoms with Gasteiger partial charge < -0.3 is 4.74 Å². The Balaban J connectivity index is 1.75. The molecule has 5 rings (SSSR count). The lowest BCUT2D eigenvalue weighted by molar-refractivity contribution is -0.116. The molecule has 0 N–H and O–H groups in total. The second kappa shape index (κ2) is 8.85. The molecule has 1 heterocycles. The number of hydrogen-bond acceptors (Lipinski definition) is 3. The van der Waals surface area contributed by atoms with Crippen molar-refractivity contribution in [1.82, 2.24) is 0 Å². The fraction of sp³-hybridized carbons (Fsp3) is 0.103. The number of carbonyl (C=O) groups excluding carboxylic acids is 2. The normalized spacial score (nSPS) is 14.8. The van der Waals surface area contributed by atoms with E-state index < -0.39 is 0 Å². The van der Waals surface area contributed by atoms with E-state index >= 15 is 0 Å². The lowest BCUT2D eigenvalue weighted by Crippen LogP contribution is -2.39. The molecule has 4 aromatic rings. The largest absolute Gasteiger partial charge is 0.364 e. The molecule has 0 aliphatic carbocycles. The van der Waals surface area contributed by atoms with Gasteiger partial charge in [-0.25, -0.2) is 0 Å². The summed E-state index contributed by atoms with van der Waals surface area (Å²) in [5, 5.41) is 1.86. The quantitative estimate of drug-likeness (QED) is 0.301. The van der Waals surface area contributed by atoms with Crippen molar-refractivity contribution in [1.29, 1.82) is 0 Å². The summed E-state index contributed by atoms with van der Waals surface area (Å²) in [5.74, 6) is -0.360.